The summed E-state index contributed by atoms with van der Waals surface area (Å²) in [5.41, 5.74) is 0.918. The normalized spacial score (nSPS) is 16.7. The van der Waals surface area contributed by atoms with Crippen LogP contribution in [-0.2, 0) is 10.6 Å². The number of nitrogens with one attached hydrogen (secondary N) is 1. The van der Waals surface area contributed by atoms with E-state index in [9.17, 15) is 15.0 Å². The van der Waals surface area contributed by atoms with Crippen LogP contribution in [0.5, 0.6) is 0 Å². The highest BCUT2D eigenvalue weighted by Crippen LogP contribution is 2.32. The Balaban J connectivity index is 1.24. The van der Waals surface area contributed by atoms with Gasteiger partial charge in [0.1, 0.15) is 17.3 Å². The molecule has 0 unspecified atom stereocenters. The van der Waals surface area contributed by atoms with E-state index in [0.29, 0.717) is 73.2 Å². The van der Waals surface area contributed by atoms with Crippen LogP contribution in [0, 0.1) is 11.6 Å². The molecule has 0 bridgehead atoms. The Bertz CT molecular complexity index is 1550. The summed E-state index contributed by atoms with van der Waals surface area (Å²) < 4.78 is 37.3. The first kappa shape index (κ1) is 27.5. The second-order valence-corrected chi connectivity index (χ2v) is 11.0. The maximum atomic E-state index is 15.2. The lowest BCUT2D eigenvalue weighted by Crippen LogP contribution is -2.51. The van der Waals surface area contributed by atoms with Crippen LogP contribution in [0.1, 0.15) is 15.9 Å². The fraction of sp³-hybridized carbons (Fsp3) is 0.321. The summed E-state index contributed by atoms with van der Waals surface area (Å²) in [7, 11) is 0. The van der Waals surface area contributed by atoms with E-state index >= 15 is 8.78 Å². The number of rotatable bonds is 6. The number of fused-ring (bicyclic) bond motifs is 1. The molecule has 41 heavy (non-hydrogen) atoms. The van der Waals surface area contributed by atoms with Gasteiger partial charge in [-0.1, -0.05) is 0 Å². The molecule has 214 valence electrons. The van der Waals surface area contributed by atoms with Crippen LogP contribution in [-0.4, -0.2) is 91.4 Å². The summed E-state index contributed by atoms with van der Waals surface area (Å²) in [6.45, 7) is 2.75. The summed E-state index contributed by atoms with van der Waals surface area (Å²) >= 11 is 1.64. The first-order valence-corrected chi connectivity index (χ1v) is 14.3. The summed E-state index contributed by atoms with van der Waals surface area (Å²) in [5, 5.41) is 25.1. The van der Waals surface area contributed by atoms with Crippen molar-refractivity contribution in [3.05, 3.63) is 77.6 Å². The number of hydrogen-bond donors (Lipinski definition) is 3. The number of thioether (sulfide) groups is 1. The molecule has 0 spiro atoms. The highest BCUT2D eigenvalue weighted by Gasteiger charge is 2.40. The molecule has 6 rings (SSSR count). The van der Waals surface area contributed by atoms with Crippen LogP contribution < -0.4 is 5.32 Å². The fourth-order valence-corrected chi connectivity index (χ4v) is 5.92. The minimum absolute atomic E-state index is 0.0598. The Kier molecular flexibility index (Phi) is 7.62. The molecule has 1 amide bonds. The lowest BCUT2D eigenvalue weighted by atomic mass is 10.1. The quantitative estimate of drug-likeness (QED) is 0.295. The minimum Gasteiger partial charge on any atom is -0.378 e. The lowest BCUT2D eigenvalue weighted by Gasteiger charge is -2.37. The van der Waals surface area contributed by atoms with E-state index in [2.05, 4.69) is 15.3 Å². The van der Waals surface area contributed by atoms with Crippen LogP contribution in [0.4, 0.5) is 20.4 Å². The third-order valence-electron chi connectivity index (χ3n) is 7.21. The zero-order valence-corrected chi connectivity index (χ0v) is 22.8. The van der Waals surface area contributed by atoms with Crippen LogP contribution in [0.3, 0.4) is 0 Å². The van der Waals surface area contributed by atoms with E-state index in [-0.39, 0.29) is 17.5 Å². The van der Waals surface area contributed by atoms with Crippen molar-refractivity contribution in [1.82, 2.24) is 24.3 Å². The van der Waals surface area contributed by atoms with Gasteiger partial charge in [-0.3, -0.25) is 4.79 Å². The van der Waals surface area contributed by atoms with E-state index in [1.165, 1.54) is 9.47 Å². The van der Waals surface area contributed by atoms with Gasteiger partial charge in [0.2, 0.25) is 5.95 Å². The van der Waals surface area contributed by atoms with Gasteiger partial charge in [0.05, 0.1) is 24.5 Å². The third kappa shape index (κ3) is 5.51. The van der Waals surface area contributed by atoms with Crippen molar-refractivity contribution in [3.8, 4) is 5.69 Å². The Morgan fingerprint density at radius 3 is 2.37 bits per heavy atom. The standard InChI is InChI=1S/C28H28F2N6O4S/c29-22-15-21(16-23(30)24(22)28(38,39)35-9-13-41-14-10-35)36-6-5-19-17-31-27(33-25(19)36)32-20-3-1-18(2-4-20)26(37)34-7-11-40-12-8-34/h1-6,15-17,38-39H,7-14H2,(H,31,32,33). The van der Waals surface area contributed by atoms with E-state index in [1.807, 2.05) is 0 Å². The zero-order valence-electron chi connectivity index (χ0n) is 22.0. The average Bonchev–Trinajstić information content (AvgIpc) is 3.41. The second-order valence-electron chi connectivity index (χ2n) is 9.78. The number of hydrogen-bond acceptors (Lipinski definition) is 9. The van der Waals surface area contributed by atoms with Crippen molar-refractivity contribution in [2.45, 2.75) is 5.91 Å². The van der Waals surface area contributed by atoms with E-state index in [0.717, 1.165) is 12.1 Å². The number of halogens is 2. The molecule has 2 aliphatic rings. The number of morpholine rings is 1. The predicted molar refractivity (Wildman–Crippen MR) is 150 cm³/mol. The first-order valence-electron chi connectivity index (χ1n) is 13.2. The van der Waals surface area contributed by atoms with Gasteiger partial charge in [0, 0.05) is 66.7 Å². The molecule has 4 heterocycles. The molecule has 0 saturated carbocycles. The van der Waals surface area contributed by atoms with Gasteiger partial charge >= 0.3 is 0 Å². The van der Waals surface area contributed by atoms with Gasteiger partial charge in [-0.25, -0.2) is 18.7 Å². The summed E-state index contributed by atoms with van der Waals surface area (Å²) in [6.07, 6.45) is 3.19. The predicted octanol–water partition coefficient (Wildman–Crippen LogP) is 3.06. The van der Waals surface area contributed by atoms with Crippen LogP contribution in [0.25, 0.3) is 16.7 Å². The molecule has 2 saturated heterocycles. The number of ether oxygens (including phenoxy) is 1. The molecule has 2 aliphatic heterocycles. The van der Waals surface area contributed by atoms with Crippen LogP contribution >= 0.6 is 11.8 Å². The molecule has 13 heteroatoms. The number of aromatic nitrogens is 3. The summed E-state index contributed by atoms with van der Waals surface area (Å²) in [5.74, 6) is -3.48. The largest absolute Gasteiger partial charge is 0.378 e. The van der Waals surface area contributed by atoms with Gasteiger partial charge < -0.3 is 29.7 Å². The zero-order chi connectivity index (χ0) is 28.6. The summed E-state index contributed by atoms with van der Waals surface area (Å²) in [4.78, 5) is 24.6. The Labute approximate surface area is 238 Å². The maximum Gasteiger partial charge on any atom is 0.259 e. The number of aliphatic hydroxyl groups is 2. The van der Waals surface area contributed by atoms with Crippen molar-refractivity contribution >= 4 is 40.3 Å². The molecule has 0 aliphatic carbocycles. The van der Waals surface area contributed by atoms with Gasteiger partial charge in [0.15, 0.2) is 0 Å². The fourth-order valence-electron chi connectivity index (χ4n) is 5.01. The van der Waals surface area contributed by atoms with E-state index in [1.54, 1.807) is 59.4 Å². The monoisotopic (exact) mass is 582 g/mol. The number of carbonyl (C=O) groups excluding carboxylic acids is 1. The van der Waals surface area contributed by atoms with Gasteiger partial charge in [-0.05, 0) is 42.5 Å². The third-order valence-corrected chi connectivity index (χ3v) is 8.15. The first-order chi connectivity index (χ1) is 19.8. The van der Waals surface area contributed by atoms with Gasteiger partial charge in [-0.2, -0.15) is 16.7 Å². The molecule has 2 aromatic heterocycles. The van der Waals surface area contributed by atoms with Crippen molar-refractivity contribution in [3.63, 3.8) is 0 Å². The van der Waals surface area contributed by atoms with E-state index in [4.69, 9.17) is 4.74 Å². The number of anilines is 2. The molecular formula is C28H28F2N6O4S. The number of carbonyl (C=O) groups is 1. The van der Waals surface area contributed by atoms with Crippen LogP contribution in [0.2, 0.25) is 0 Å². The highest BCUT2D eigenvalue weighted by molar-refractivity contribution is 7.99. The second kappa shape index (κ2) is 11.3. The Morgan fingerprint density at radius 2 is 1.68 bits per heavy atom. The molecule has 10 nitrogen and oxygen atoms in total. The SMILES string of the molecule is O=C(c1ccc(Nc2ncc3ccn(-c4cc(F)c(C(O)(O)N5CCSCC5)c(F)c4)c3n2)cc1)N1CCOCC1. The molecule has 0 radical (unpaired) electrons. The average molecular weight is 583 g/mol. The Morgan fingerprint density at radius 1 is 1.00 bits per heavy atom. The summed E-state index contributed by atoms with van der Waals surface area (Å²) in [6, 6.07) is 10.8. The van der Waals surface area contributed by atoms with Gasteiger partial charge in [0.25, 0.3) is 11.8 Å². The van der Waals surface area contributed by atoms with E-state index < -0.39 is 23.1 Å². The number of benzene rings is 2. The highest BCUT2D eigenvalue weighted by atomic mass is 32.2. The van der Waals surface area contributed by atoms with Crippen molar-refractivity contribution in [1.29, 1.82) is 0 Å². The Hall–Kier alpha value is -3.62. The topological polar surface area (TPSA) is 116 Å². The minimum atomic E-state index is -2.77. The smallest absolute Gasteiger partial charge is 0.259 e. The lowest BCUT2D eigenvalue weighted by molar-refractivity contribution is -0.276. The maximum absolute atomic E-state index is 15.2. The molecule has 2 aromatic carbocycles. The molecular weight excluding hydrogens is 554 g/mol. The van der Waals surface area contributed by atoms with Gasteiger partial charge in [-0.15, -0.1) is 0 Å². The molecule has 4 aromatic rings. The van der Waals surface area contributed by atoms with Crippen LogP contribution in [0.15, 0.2) is 54.9 Å². The van der Waals surface area contributed by atoms with Crippen molar-refractivity contribution in [2.24, 2.45) is 0 Å². The molecule has 2 fully saturated rings. The number of nitrogens with zero attached hydrogens (tertiary/aromatic N) is 5. The van der Waals surface area contributed by atoms with Crippen molar-refractivity contribution < 1.29 is 28.5 Å². The molecule has 3 N–H and O–H groups in total. The molecule has 0 atom stereocenters. The van der Waals surface area contributed by atoms with Crippen molar-refractivity contribution in [2.75, 3.05) is 56.2 Å². The number of amides is 1.